The Bertz CT molecular complexity index is 1010. The minimum atomic E-state index is -0.654. The molecule has 0 spiro atoms. The summed E-state index contributed by atoms with van der Waals surface area (Å²) >= 11 is 0. The lowest BCUT2D eigenvalue weighted by atomic mass is 10.1. The van der Waals surface area contributed by atoms with Gasteiger partial charge in [-0.25, -0.2) is 4.79 Å². The van der Waals surface area contributed by atoms with Crippen molar-refractivity contribution in [3.63, 3.8) is 0 Å². The zero-order chi connectivity index (χ0) is 20.8. The molecule has 0 atom stereocenters. The minimum absolute atomic E-state index is 0.258. The van der Waals surface area contributed by atoms with E-state index in [0.717, 1.165) is 15.9 Å². The predicted molar refractivity (Wildman–Crippen MR) is 103 cm³/mol. The van der Waals surface area contributed by atoms with Crippen molar-refractivity contribution >= 4 is 11.8 Å². The topological polar surface area (TPSA) is 105 Å². The second-order valence-electron chi connectivity index (χ2n) is 6.16. The van der Waals surface area contributed by atoms with Crippen molar-refractivity contribution in [2.75, 3.05) is 20.8 Å². The summed E-state index contributed by atoms with van der Waals surface area (Å²) in [5.74, 6) is 0.239. The van der Waals surface area contributed by atoms with Crippen molar-refractivity contribution < 1.29 is 23.8 Å². The van der Waals surface area contributed by atoms with Crippen LogP contribution in [0.2, 0.25) is 0 Å². The highest BCUT2D eigenvalue weighted by Crippen LogP contribution is 2.25. The fourth-order valence-electron chi connectivity index (χ4n) is 2.54. The zero-order valence-electron chi connectivity index (χ0n) is 16.3. The summed E-state index contributed by atoms with van der Waals surface area (Å²) < 4.78 is 15.3. The van der Waals surface area contributed by atoms with Gasteiger partial charge in [-0.1, -0.05) is 29.8 Å². The molecule has 0 radical (unpaired) electrons. The maximum absolute atomic E-state index is 12.3. The molecular formula is C20H20N4O5. The second kappa shape index (κ2) is 8.96. The smallest absolute Gasteiger partial charge is 0.330 e. The number of methoxy groups -OCH3 is 2. The quantitative estimate of drug-likeness (QED) is 0.421. The first-order valence-corrected chi connectivity index (χ1v) is 8.76. The van der Waals surface area contributed by atoms with E-state index in [1.807, 2.05) is 31.2 Å². The van der Waals surface area contributed by atoms with Crippen LogP contribution in [0, 0.1) is 6.92 Å². The van der Waals surface area contributed by atoms with Gasteiger partial charge in [0.05, 0.1) is 19.8 Å². The van der Waals surface area contributed by atoms with E-state index in [1.54, 1.807) is 18.2 Å². The molecule has 0 aliphatic rings. The summed E-state index contributed by atoms with van der Waals surface area (Å²) in [5, 5.41) is 11.9. The van der Waals surface area contributed by atoms with Crippen LogP contribution in [0.4, 0.5) is 0 Å². The summed E-state index contributed by atoms with van der Waals surface area (Å²) in [5.41, 5.74) is 2.20. The van der Waals surface area contributed by atoms with Gasteiger partial charge in [-0.2, -0.15) is 4.80 Å². The number of ketones is 1. The van der Waals surface area contributed by atoms with E-state index in [1.165, 1.54) is 14.2 Å². The monoisotopic (exact) mass is 396 g/mol. The molecule has 1 heterocycles. The number of tetrazole rings is 1. The standard InChI is InChI=1S/C20H20N4O5/c1-13-4-6-14(7-5-13)20-21-23-24(22-20)11-19(26)29-12-17(25)16-9-8-15(27-2)10-18(16)28-3/h4-10H,11-12H2,1-3H3. The molecule has 1 aromatic heterocycles. The van der Waals surface area contributed by atoms with Crippen molar-refractivity contribution in [3.05, 3.63) is 53.6 Å². The van der Waals surface area contributed by atoms with Crippen molar-refractivity contribution in [2.45, 2.75) is 13.5 Å². The van der Waals surface area contributed by atoms with Gasteiger partial charge in [0, 0.05) is 11.6 Å². The van der Waals surface area contributed by atoms with Gasteiger partial charge in [-0.05, 0) is 24.3 Å². The Morgan fingerprint density at radius 1 is 1.03 bits per heavy atom. The SMILES string of the molecule is COc1ccc(C(=O)COC(=O)Cn2nnc(-c3ccc(C)cc3)n2)c(OC)c1. The van der Waals surface area contributed by atoms with Crippen molar-refractivity contribution in [2.24, 2.45) is 0 Å². The maximum atomic E-state index is 12.3. The fraction of sp³-hybridized carbons (Fsp3) is 0.250. The number of aromatic nitrogens is 4. The molecule has 0 fully saturated rings. The van der Waals surface area contributed by atoms with E-state index in [2.05, 4.69) is 15.4 Å². The van der Waals surface area contributed by atoms with Crippen LogP contribution in [0.5, 0.6) is 11.5 Å². The first-order chi connectivity index (χ1) is 14.0. The van der Waals surface area contributed by atoms with E-state index in [9.17, 15) is 9.59 Å². The van der Waals surface area contributed by atoms with E-state index in [0.29, 0.717) is 22.9 Å². The van der Waals surface area contributed by atoms with Crippen molar-refractivity contribution in [1.82, 2.24) is 20.2 Å². The highest BCUT2D eigenvalue weighted by Gasteiger charge is 2.16. The molecular weight excluding hydrogens is 376 g/mol. The number of carbonyl (C=O) groups is 2. The van der Waals surface area contributed by atoms with Gasteiger partial charge in [0.25, 0.3) is 0 Å². The summed E-state index contributed by atoms with van der Waals surface area (Å²) in [7, 11) is 2.96. The number of aryl methyl sites for hydroxylation is 1. The first-order valence-electron chi connectivity index (χ1n) is 8.76. The highest BCUT2D eigenvalue weighted by molar-refractivity contribution is 6.00. The maximum Gasteiger partial charge on any atom is 0.330 e. The van der Waals surface area contributed by atoms with Gasteiger partial charge in [-0.3, -0.25) is 4.79 Å². The number of rotatable bonds is 8. The molecule has 0 amide bonds. The molecule has 0 saturated heterocycles. The number of hydrogen-bond donors (Lipinski definition) is 0. The normalized spacial score (nSPS) is 10.4. The molecule has 0 aliphatic carbocycles. The van der Waals surface area contributed by atoms with Gasteiger partial charge < -0.3 is 14.2 Å². The van der Waals surface area contributed by atoms with Gasteiger partial charge >= 0.3 is 5.97 Å². The third-order valence-corrected chi connectivity index (χ3v) is 4.11. The average molecular weight is 396 g/mol. The molecule has 9 heteroatoms. The predicted octanol–water partition coefficient (Wildman–Crippen LogP) is 2.09. The average Bonchev–Trinajstić information content (AvgIpc) is 3.20. The zero-order valence-corrected chi connectivity index (χ0v) is 16.3. The molecule has 3 rings (SSSR count). The molecule has 3 aromatic rings. The van der Waals surface area contributed by atoms with Crippen LogP contribution < -0.4 is 9.47 Å². The molecule has 0 unspecified atom stereocenters. The third kappa shape index (κ3) is 4.95. The Balaban J connectivity index is 1.58. The third-order valence-electron chi connectivity index (χ3n) is 4.11. The number of ether oxygens (including phenoxy) is 3. The Kier molecular flexibility index (Phi) is 6.18. The van der Waals surface area contributed by atoms with Crippen LogP contribution in [0.25, 0.3) is 11.4 Å². The second-order valence-corrected chi connectivity index (χ2v) is 6.16. The Morgan fingerprint density at radius 2 is 1.79 bits per heavy atom. The summed E-state index contributed by atoms with van der Waals surface area (Å²) in [4.78, 5) is 25.5. The Labute approximate surface area is 167 Å². The van der Waals surface area contributed by atoms with E-state index < -0.39 is 18.4 Å². The van der Waals surface area contributed by atoms with E-state index in [-0.39, 0.29) is 6.54 Å². The van der Waals surface area contributed by atoms with E-state index >= 15 is 0 Å². The van der Waals surface area contributed by atoms with Gasteiger partial charge in [0.1, 0.15) is 11.5 Å². The molecule has 0 N–H and O–H groups in total. The van der Waals surface area contributed by atoms with Crippen LogP contribution in [-0.4, -0.2) is 52.8 Å². The number of nitrogens with zero attached hydrogens (tertiary/aromatic N) is 4. The summed E-state index contributed by atoms with van der Waals surface area (Å²) in [6.07, 6.45) is 0. The molecule has 2 aromatic carbocycles. The van der Waals surface area contributed by atoms with Crippen LogP contribution in [0.1, 0.15) is 15.9 Å². The molecule has 0 bridgehead atoms. The fourth-order valence-corrected chi connectivity index (χ4v) is 2.54. The number of esters is 1. The molecule has 0 aliphatic heterocycles. The highest BCUT2D eigenvalue weighted by atomic mass is 16.5. The largest absolute Gasteiger partial charge is 0.497 e. The van der Waals surface area contributed by atoms with E-state index in [4.69, 9.17) is 14.2 Å². The number of Topliss-reactive ketones (excluding diaryl/α,β-unsaturated/α-hetero) is 1. The summed E-state index contributed by atoms with van der Waals surface area (Å²) in [6.45, 7) is 1.29. The number of hydrogen-bond acceptors (Lipinski definition) is 8. The minimum Gasteiger partial charge on any atom is -0.497 e. The summed E-state index contributed by atoms with van der Waals surface area (Å²) in [6, 6.07) is 12.4. The lowest BCUT2D eigenvalue weighted by molar-refractivity contribution is -0.143. The van der Waals surface area contributed by atoms with Crippen LogP contribution in [0.15, 0.2) is 42.5 Å². The van der Waals surface area contributed by atoms with Crippen LogP contribution in [0.3, 0.4) is 0 Å². The molecule has 29 heavy (non-hydrogen) atoms. The lowest BCUT2D eigenvalue weighted by Gasteiger charge is -2.09. The molecule has 150 valence electrons. The van der Waals surface area contributed by atoms with Crippen LogP contribution >= 0.6 is 0 Å². The molecule has 9 nitrogen and oxygen atoms in total. The molecule has 0 saturated carbocycles. The lowest BCUT2D eigenvalue weighted by Crippen LogP contribution is -2.20. The Morgan fingerprint density at radius 3 is 2.48 bits per heavy atom. The Hall–Kier alpha value is -3.75. The number of carbonyl (C=O) groups excluding carboxylic acids is 2. The van der Waals surface area contributed by atoms with Crippen LogP contribution in [-0.2, 0) is 16.1 Å². The van der Waals surface area contributed by atoms with Gasteiger partial charge in [0.2, 0.25) is 11.6 Å². The van der Waals surface area contributed by atoms with Gasteiger partial charge in [0.15, 0.2) is 13.2 Å². The van der Waals surface area contributed by atoms with Crippen molar-refractivity contribution in [3.8, 4) is 22.9 Å². The van der Waals surface area contributed by atoms with Gasteiger partial charge in [-0.15, -0.1) is 10.2 Å². The van der Waals surface area contributed by atoms with Crippen molar-refractivity contribution in [1.29, 1.82) is 0 Å². The number of benzene rings is 2. The first kappa shape index (κ1) is 20.0.